The summed E-state index contributed by atoms with van der Waals surface area (Å²) < 4.78 is 9.56. The first-order valence-corrected chi connectivity index (χ1v) is 22.9. The minimum absolute atomic E-state index is 0.0846. The van der Waals surface area contributed by atoms with Gasteiger partial charge in [0.1, 0.15) is 0 Å². The van der Waals surface area contributed by atoms with Crippen LogP contribution in [0.5, 0.6) is 0 Å². The van der Waals surface area contributed by atoms with Gasteiger partial charge in [0.05, 0.1) is 25.6 Å². The molecule has 5 rings (SSSR count). The highest BCUT2D eigenvalue weighted by atomic mass is 16.5. The van der Waals surface area contributed by atoms with Crippen LogP contribution in [-0.4, -0.2) is 46.1 Å². The fourth-order valence-corrected chi connectivity index (χ4v) is 9.01. The lowest BCUT2D eigenvalue weighted by Gasteiger charge is -2.16. The number of rotatable bonds is 22. The number of nitrogens with one attached hydrogen (secondary N) is 2. The first-order valence-electron chi connectivity index (χ1n) is 22.9. The maximum Gasteiger partial charge on any atom is 0.305 e. The number of hydrogen-bond acceptors (Lipinski definition) is 6. The summed E-state index contributed by atoms with van der Waals surface area (Å²) in [5.41, 5.74) is 18.1. The van der Waals surface area contributed by atoms with Crippen molar-refractivity contribution in [3.8, 4) is 0 Å². The second-order valence-electron chi connectivity index (χ2n) is 18.1. The highest BCUT2D eigenvalue weighted by Gasteiger charge is 2.31. The molecule has 0 fully saturated rings. The van der Waals surface area contributed by atoms with E-state index in [0.717, 1.165) is 86.1 Å². The number of hydrogen-bond donors (Lipinski definition) is 2. The lowest BCUT2D eigenvalue weighted by atomic mass is 9.86. The summed E-state index contributed by atoms with van der Waals surface area (Å²) in [5, 5.41) is 0. The molecule has 0 aliphatic carbocycles. The maximum absolute atomic E-state index is 11.4. The Balaban J connectivity index is 1.43. The van der Waals surface area contributed by atoms with Crippen molar-refractivity contribution < 1.29 is 19.1 Å². The Morgan fingerprint density at radius 2 is 1.00 bits per heavy atom. The highest BCUT2D eigenvalue weighted by molar-refractivity contribution is 5.92. The predicted molar refractivity (Wildman–Crippen MR) is 245 cm³/mol. The van der Waals surface area contributed by atoms with Gasteiger partial charge in [-0.3, -0.25) is 14.6 Å². The van der Waals surface area contributed by atoms with E-state index in [0.29, 0.717) is 12.8 Å². The van der Waals surface area contributed by atoms with Gasteiger partial charge in [-0.15, -0.1) is 0 Å². The van der Waals surface area contributed by atoms with Crippen molar-refractivity contribution in [2.45, 2.75) is 189 Å². The normalized spacial score (nSPS) is 13.6. The van der Waals surface area contributed by atoms with Gasteiger partial charge in [0, 0.05) is 58.1 Å². The SMILES string of the molecule is COC(=O)CCCCCCCCCCc1c(C)c2cc3nc(c(C)c4nc(cc5[nH]c(cc1[nH]2)c(CCCCCCCCCCC(=O)OC)c5C)C(C)(C)C4)C(C)=C3C. The second kappa shape index (κ2) is 21.9. The van der Waals surface area contributed by atoms with Gasteiger partial charge in [-0.2, -0.15) is 0 Å². The Bertz CT molecular complexity index is 2120. The second-order valence-corrected chi connectivity index (χ2v) is 18.1. The number of carbonyl (C=O) groups excluding carboxylic acids is 2. The lowest BCUT2D eigenvalue weighted by Crippen LogP contribution is -2.15. The molecule has 0 spiro atoms. The minimum atomic E-state index is -0.100. The minimum Gasteiger partial charge on any atom is -0.469 e. The van der Waals surface area contributed by atoms with Gasteiger partial charge in [0.2, 0.25) is 0 Å². The molecule has 0 saturated heterocycles. The molecular weight excluding hydrogens is 733 g/mol. The molecule has 2 aliphatic rings. The van der Waals surface area contributed by atoms with Crippen molar-refractivity contribution in [3.63, 3.8) is 0 Å². The lowest BCUT2D eigenvalue weighted by molar-refractivity contribution is -0.141. The topological polar surface area (TPSA) is 110 Å². The van der Waals surface area contributed by atoms with E-state index in [2.05, 4.69) is 76.6 Å². The molecule has 0 saturated carbocycles. The van der Waals surface area contributed by atoms with Crippen LogP contribution in [0.15, 0.2) is 18.2 Å². The Kier molecular flexibility index (Phi) is 17.0. The standard InChI is InChI=1S/C51H74N4O4/c1-34-35(2)50-38(5)46-33-51(6,7)47(54-46)32-43-37(4)40(27-23-19-15-11-13-17-21-25-29-49(57)59-9)45(53-43)31-44-39(36(3)42(52-44)30-41(34)55-50)26-22-18-14-10-12-16-20-24-28-48(56)58-8/h30-32,52-53H,10-29,33H2,1-9H3. The average molecular weight is 807 g/mol. The van der Waals surface area contributed by atoms with E-state index in [1.165, 1.54) is 134 Å². The quantitative estimate of drug-likeness (QED) is 0.0773. The van der Waals surface area contributed by atoms with Crippen molar-refractivity contribution in [2.24, 2.45) is 0 Å². The van der Waals surface area contributed by atoms with Crippen LogP contribution in [0.2, 0.25) is 0 Å². The van der Waals surface area contributed by atoms with Crippen molar-refractivity contribution in [3.05, 3.63) is 68.8 Å². The van der Waals surface area contributed by atoms with Crippen LogP contribution in [0.3, 0.4) is 0 Å². The van der Waals surface area contributed by atoms with Crippen LogP contribution in [0, 0.1) is 20.8 Å². The number of aromatic amines is 2. The first kappa shape index (κ1) is 45.9. The largest absolute Gasteiger partial charge is 0.469 e. The fraction of sp³-hybridized carbons (Fsp3) is 0.608. The molecule has 0 aromatic carbocycles. The summed E-state index contributed by atoms with van der Waals surface area (Å²) in [6.07, 6.45) is 22.6. The van der Waals surface area contributed by atoms with Gasteiger partial charge < -0.3 is 19.4 Å². The summed E-state index contributed by atoms with van der Waals surface area (Å²) in [4.78, 5) is 41.3. The smallest absolute Gasteiger partial charge is 0.305 e. The molecule has 8 heteroatoms. The molecule has 3 aromatic rings. The monoisotopic (exact) mass is 807 g/mol. The third-order valence-corrected chi connectivity index (χ3v) is 13.2. The number of esters is 2. The third kappa shape index (κ3) is 12.2. The highest BCUT2D eigenvalue weighted by Crippen LogP contribution is 2.37. The van der Waals surface area contributed by atoms with Crippen LogP contribution in [0.25, 0.3) is 33.2 Å². The third-order valence-electron chi connectivity index (χ3n) is 13.2. The molecule has 0 unspecified atom stereocenters. The van der Waals surface area contributed by atoms with Gasteiger partial charge in [-0.05, 0) is 130 Å². The van der Waals surface area contributed by atoms with Crippen molar-refractivity contribution in [1.29, 1.82) is 0 Å². The number of ether oxygens (including phenoxy) is 2. The molecule has 5 heterocycles. The van der Waals surface area contributed by atoms with E-state index in [1.54, 1.807) is 0 Å². The maximum atomic E-state index is 11.4. The number of aryl methyl sites for hydroxylation is 4. The Morgan fingerprint density at radius 1 is 0.559 bits per heavy atom. The number of carbonyl (C=O) groups is 2. The first-order chi connectivity index (χ1) is 28.3. The van der Waals surface area contributed by atoms with Gasteiger partial charge in [-0.25, -0.2) is 4.98 Å². The fourth-order valence-electron chi connectivity index (χ4n) is 9.01. The Hall–Kier alpha value is -4.20. The zero-order valence-corrected chi connectivity index (χ0v) is 38.1. The van der Waals surface area contributed by atoms with Crippen LogP contribution in [-0.2, 0) is 43.7 Å². The molecular formula is C51H74N4O4. The van der Waals surface area contributed by atoms with Gasteiger partial charge in [0.15, 0.2) is 0 Å². The molecule has 322 valence electrons. The number of H-pyrrole nitrogens is 2. The van der Waals surface area contributed by atoms with Gasteiger partial charge >= 0.3 is 11.9 Å². The molecule has 0 atom stereocenters. The molecule has 59 heavy (non-hydrogen) atoms. The van der Waals surface area contributed by atoms with Crippen LogP contribution in [0.1, 0.15) is 194 Å². The van der Waals surface area contributed by atoms with E-state index in [9.17, 15) is 9.59 Å². The van der Waals surface area contributed by atoms with Crippen molar-refractivity contribution in [1.82, 2.24) is 19.9 Å². The average Bonchev–Trinajstić information content (AvgIpc) is 3.88. The van der Waals surface area contributed by atoms with Gasteiger partial charge in [0.25, 0.3) is 0 Å². The number of fused-ring (bicyclic) bond motifs is 8. The predicted octanol–water partition coefficient (Wildman–Crippen LogP) is 13.2. The van der Waals surface area contributed by atoms with E-state index in [4.69, 9.17) is 19.4 Å². The summed E-state index contributed by atoms with van der Waals surface area (Å²) in [7, 11) is 2.93. The Morgan fingerprint density at radius 3 is 1.47 bits per heavy atom. The van der Waals surface area contributed by atoms with E-state index in [-0.39, 0.29) is 17.4 Å². The Labute approximate surface area is 354 Å². The van der Waals surface area contributed by atoms with Crippen LogP contribution < -0.4 is 0 Å². The zero-order valence-electron chi connectivity index (χ0n) is 38.1. The molecule has 8 nitrogen and oxygen atoms in total. The molecule has 3 aromatic heterocycles. The molecule has 2 aliphatic heterocycles. The van der Waals surface area contributed by atoms with Crippen LogP contribution >= 0.6 is 0 Å². The van der Waals surface area contributed by atoms with Crippen molar-refractivity contribution in [2.75, 3.05) is 14.2 Å². The number of allylic oxidation sites excluding steroid dienone is 2. The number of aromatic nitrogens is 4. The molecule has 2 N–H and O–H groups in total. The van der Waals surface area contributed by atoms with E-state index < -0.39 is 0 Å². The molecule has 0 amide bonds. The van der Waals surface area contributed by atoms with Crippen molar-refractivity contribution >= 4 is 45.2 Å². The molecule has 8 bridgehead atoms. The summed E-state index contributed by atoms with van der Waals surface area (Å²) in [5.74, 6) is -0.200. The van der Waals surface area contributed by atoms with Crippen LogP contribution in [0.4, 0.5) is 0 Å². The summed E-state index contributed by atoms with van der Waals surface area (Å²) in [6.45, 7) is 15.8. The van der Waals surface area contributed by atoms with Gasteiger partial charge in [-0.1, -0.05) is 90.9 Å². The number of methoxy groups -OCH3 is 2. The zero-order chi connectivity index (χ0) is 42.5. The summed E-state index contributed by atoms with van der Waals surface area (Å²) >= 11 is 0. The summed E-state index contributed by atoms with van der Waals surface area (Å²) in [6, 6.07) is 7.00. The molecule has 0 radical (unpaired) electrons. The number of unbranched alkanes of at least 4 members (excludes halogenated alkanes) is 14. The van der Waals surface area contributed by atoms with E-state index in [1.807, 2.05) is 0 Å². The number of nitrogens with zero attached hydrogens (tertiary/aromatic N) is 2. The van der Waals surface area contributed by atoms with E-state index >= 15 is 0 Å².